The lowest BCUT2D eigenvalue weighted by Crippen LogP contribution is -2.48. The number of aliphatic carboxylic acids is 1. The van der Waals surface area contributed by atoms with Crippen LogP contribution in [0.1, 0.15) is 28.9 Å². The van der Waals surface area contributed by atoms with Crippen LogP contribution < -0.4 is 5.32 Å². The van der Waals surface area contributed by atoms with Crippen molar-refractivity contribution in [2.24, 2.45) is 5.92 Å². The number of nitrogens with zero attached hydrogens (tertiary/aromatic N) is 2. The number of nitrogens with one attached hydrogen (secondary N) is 1. The molecule has 8 heteroatoms. The summed E-state index contributed by atoms with van der Waals surface area (Å²) in [4.78, 5) is 24.1. The van der Waals surface area contributed by atoms with Crippen molar-refractivity contribution in [3.63, 3.8) is 0 Å². The van der Waals surface area contributed by atoms with Gasteiger partial charge in [0.05, 0.1) is 12.3 Å². The van der Waals surface area contributed by atoms with E-state index in [-0.39, 0.29) is 17.4 Å². The molecular formula is C18H20FN3O4. The van der Waals surface area contributed by atoms with Gasteiger partial charge in [-0.15, -0.1) is 0 Å². The zero-order valence-corrected chi connectivity index (χ0v) is 14.3. The maximum atomic E-state index is 13.1. The highest BCUT2D eigenvalue weighted by Crippen LogP contribution is 2.19. The molecule has 26 heavy (non-hydrogen) atoms. The van der Waals surface area contributed by atoms with E-state index in [9.17, 15) is 19.1 Å². The van der Waals surface area contributed by atoms with Gasteiger partial charge in [0, 0.05) is 24.3 Å². The molecule has 2 atom stereocenters. The Balaban J connectivity index is 1.78. The van der Waals surface area contributed by atoms with Gasteiger partial charge in [0.15, 0.2) is 5.69 Å². The lowest BCUT2D eigenvalue weighted by molar-refractivity contribution is -0.142. The lowest BCUT2D eigenvalue weighted by Gasteiger charge is -2.27. The molecule has 1 aromatic carbocycles. The summed E-state index contributed by atoms with van der Waals surface area (Å²) in [6.07, 6.45) is 3.09. The van der Waals surface area contributed by atoms with Crippen LogP contribution in [0.25, 0.3) is 5.69 Å². The highest BCUT2D eigenvalue weighted by molar-refractivity contribution is 5.96. The molecule has 0 aliphatic carbocycles. The van der Waals surface area contributed by atoms with Crippen molar-refractivity contribution in [3.05, 3.63) is 47.5 Å². The van der Waals surface area contributed by atoms with Crippen LogP contribution in [-0.2, 0) is 9.53 Å². The van der Waals surface area contributed by atoms with Crippen molar-refractivity contribution < 1.29 is 23.8 Å². The van der Waals surface area contributed by atoms with E-state index in [0.717, 1.165) is 6.42 Å². The van der Waals surface area contributed by atoms with Crippen LogP contribution in [0.3, 0.4) is 0 Å². The van der Waals surface area contributed by atoms with Crippen LogP contribution in [0.2, 0.25) is 0 Å². The number of carbonyl (C=O) groups is 2. The molecule has 138 valence electrons. The first-order valence-corrected chi connectivity index (χ1v) is 8.39. The Morgan fingerprint density at radius 1 is 1.38 bits per heavy atom. The minimum Gasteiger partial charge on any atom is -0.480 e. The average Bonchev–Trinajstić information content (AvgIpc) is 3.02. The molecule has 0 saturated carbocycles. The topological polar surface area (TPSA) is 93.5 Å². The number of aryl methyl sites for hydroxylation is 1. The van der Waals surface area contributed by atoms with Crippen molar-refractivity contribution in [2.75, 3.05) is 13.2 Å². The molecule has 2 aromatic rings. The van der Waals surface area contributed by atoms with Crippen LogP contribution in [0.4, 0.5) is 4.39 Å². The number of amides is 1. The third-order valence-corrected chi connectivity index (χ3v) is 4.42. The molecule has 7 nitrogen and oxygen atoms in total. The van der Waals surface area contributed by atoms with Crippen molar-refractivity contribution in [1.82, 2.24) is 15.1 Å². The molecule has 2 heterocycles. The first-order valence-electron chi connectivity index (χ1n) is 8.39. The molecule has 0 radical (unpaired) electrons. The van der Waals surface area contributed by atoms with E-state index in [2.05, 4.69) is 10.4 Å². The summed E-state index contributed by atoms with van der Waals surface area (Å²) in [5.74, 6) is -2.29. The fourth-order valence-electron chi connectivity index (χ4n) is 3.03. The van der Waals surface area contributed by atoms with Crippen LogP contribution >= 0.6 is 0 Å². The fraction of sp³-hybridized carbons (Fsp3) is 0.389. The predicted molar refractivity (Wildman–Crippen MR) is 90.7 cm³/mol. The summed E-state index contributed by atoms with van der Waals surface area (Å²) in [6.45, 7) is 2.62. The van der Waals surface area contributed by atoms with E-state index < -0.39 is 17.9 Å². The maximum absolute atomic E-state index is 13.1. The Morgan fingerprint density at radius 2 is 2.12 bits per heavy atom. The smallest absolute Gasteiger partial charge is 0.326 e. The highest BCUT2D eigenvalue weighted by atomic mass is 19.1. The Morgan fingerprint density at radius 3 is 2.73 bits per heavy atom. The molecule has 2 N–H and O–H groups in total. The monoisotopic (exact) mass is 361 g/mol. The number of hydrogen-bond acceptors (Lipinski definition) is 4. The highest BCUT2D eigenvalue weighted by Gasteiger charge is 2.32. The summed E-state index contributed by atoms with van der Waals surface area (Å²) in [5.41, 5.74) is 1.33. The third kappa shape index (κ3) is 3.91. The molecule has 2 unspecified atom stereocenters. The summed E-state index contributed by atoms with van der Waals surface area (Å²) < 4.78 is 19.8. The number of ether oxygens (including phenoxy) is 1. The molecule has 0 spiro atoms. The van der Waals surface area contributed by atoms with Gasteiger partial charge in [-0.05, 0) is 44.0 Å². The SMILES string of the molecule is Cc1cn(-c2ccc(F)cc2)nc1C(=O)NC(C(=O)O)C1CCCOC1. The molecule has 3 rings (SSSR count). The maximum Gasteiger partial charge on any atom is 0.326 e. The summed E-state index contributed by atoms with van der Waals surface area (Å²) >= 11 is 0. The van der Waals surface area contributed by atoms with Crippen LogP contribution in [0.15, 0.2) is 30.5 Å². The van der Waals surface area contributed by atoms with Gasteiger partial charge < -0.3 is 15.2 Å². The Kier molecular flexibility index (Phi) is 5.32. The normalized spacial score (nSPS) is 18.3. The van der Waals surface area contributed by atoms with Gasteiger partial charge in [-0.1, -0.05) is 0 Å². The molecule has 1 aliphatic heterocycles. The summed E-state index contributed by atoms with van der Waals surface area (Å²) in [5, 5.41) is 16.3. The van der Waals surface area contributed by atoms with Crippen molar-refractivity contribution >= 4 is 11.9 Å². The van der Waals surface area contributed by atoms with E-state index in [4.69, 9.17) is 4.74 Å². The first kappa shape index (κ1) is 18.1. The van der Waals surface area contributed by atoms with Gasteiger partial charge in [0.1, 0.15) is 11.9 Å². The molecule has 1 aliphatic rings. The van der Waals surface area contributed by atoms with Crippen LogP contribution in [0.5, 0.6) is 0 Å². The number of rotatable bonds is 5. The number of halogens is 1. The van der Waals surface area contributed by atoms with Crippen molar-refractivity contribution in [3.8, 4) is 5.69 Å². The second-order valence-corrected chi connectivity index (χ2v) is 6.35. The molecule has 0 bridgehead atoms. The molecule has 1 fully saturated rings. The van der Waals surface area contributed by atoms with Crippen LogP contribution in [-0.4, -0.2) is 46.0 Å². The fourth-order valence-corrected chi connectivity index (χ4v) is 3.03. The zero-order valence-electron chi connectivity index (χ0n) is 14.3. The van der Waals surface area contributed by atoms with Gasteiger partial charge in [-0.25, -0.2) is 13.9 Å². The molecule has 1 amide bonds. The Hall–Kier alpha value is -2.74. The zero-order chi connectivity index (χ0) is 18.7. The predicted octanol–water partition coefficient (Wildman–Crippen LogP) is 1.93. The number of carboxylic acids is 1. The van der Waals surface area contributed by atoms with Gasteiger partial charge in [0.2, 0.25) is 0 Å². The summed E-state index contributed by atoms with van der Waals surface area (Å²) in [6, 6.07) is 4.66. The standard InChI is InChI=1S/C18H20FN3O4/c1-11-9-22(14-6-4-13(19)5-7-14)21-15(11)17(23)20-16(18(24)25)12-3-2-8-26-10-12/h4-7,9,12,16H,2-3,8,10H2,1H3,(H,20,23)(H,24,25). The van der Waals surface area contributed by atoms with Crippen molar-refractivity contribution in [2.45, 2.75) is 25.8 Å². The number of benzene rings is 1. The second kappa shape index (κ2) is 7.65. The number of hydrogen-bond donors (Lipinski definition) is 2. The molecule has 1 aromatic heterocycles. The summed E-state index contributed by atoms with van der Waals surface area (Å²) in [7, 11) is 0. The number of carbonyl (C=O) groups excluding carboxylic acids is 1. The lowest BCUT2D eigenvalue weighted by atomic mass is 9.93. The Bertz CT molecular complexity index is 797. The van der Waals surface area contributed by atoms with E-state index >= 15 is 0 Å². The van der Waals surface area contributed by atoms with E-state index in [0.29, 0.717) is 30.9 Å². The van der Waals surface area contributed by atoms with Gasteiger partial charge in [0.25, 0.3) is 5.91 Å². The molecule has 1 saturated heterocycles. The van der Waals surface area contributed by atoms with Crippen molar-refractivity contribution in [1.29, 1.82) is 0 Å². The average molecular weight is 361 g/mol. The first-order chi connectivity index (χ1) is 12.5. The van der Waals surface area contributed by atoms with E-state index in [1.165, 1.54) is 16.8 Å². The third-order valence-electron chi connectivity index (χ3n) is 4.42. The van der Waals surface area contributed by atoms with E-state index in [1.54, 1.807) is 25.3 Å². The molecular weight excluding hydrogens is 341 g/mol. The minimum atomic E-state index is -1.09. The quantitative estimate of drug-likeness (QED) is 0.849. The van der Waals surface area contributed by atoms with Gasteiger partial charge >= 0.3 is 5.97 Å². The number of carboxylic acid groups (broad SMARTS) is 1. The van der Waals surface area contributed by atoms with Gasteiger partial charge in [-0.2, -0.15) is 5.10 Å². The van der Waals surface area contributed by atoms with Crippen LogP contribution in [0, 0.1) is 18.7 Å². The largest absolute Gasteiger partial charge is 0.480 e. The van der Waals surface area contributed by atoms with Gasteiger partial charge in [-0.3, -0.25) is 4.79 Å². The van der Waals surface area contributed by atoms with E-state index in [1.807, 2.05) is 0 Å². The number of aromatic nitrogens is 2. The second-order valence-electron chi connectivity index (χ2n) is 6.35. The minimum absolute atomic E-state index is 0.136. The Labute approximate surface area is 149 Å².